The van der Waals surface area contributed by atoms with Crippen LogP contribution in [-0.4, -0.2) is 68.3 Å². The van der Waals surface area contributed by atoms with Crippen LogP contribution in [0.2, 0.25) is 0 Å². The number of nitrogens with one attached hydrogen (secondary N) is 2. The van der Waals surface area contributed by atoms with Gasteiger partial charge in [-0.25, -0.2) is 8.42 Å². The number of carbonyl (C=O) groups is 3. The summed E-state index contributed by atoms with van der Waals surface area (Å²) in [6.45, 7) is 3.59. The fourth-order valence-electron chi connectivity index (χ4n) is 2.66. The molecule has 1 unspecified atom stereocenters. The minimum Gasteiger partial charge on any atom is -0.344 e. The highest BCUT2D eigenvalue weighted by Gasteiger charge is 2.31. The van der Waals surface area contributed by atoms with Gasteiger partial charge < -0.3 is 16.4 Å². The quantitative estimate of drug-likeness (QED) is 0.499. The van der Waals surface area contributed by atoms with E-state index in [9.17, 15) is 22.8 Å². The normalized spacial score (nSPS) is 20.8. The molecule has 1 rings (SSSR count). The van der Waals surface area contributed by atoms with Crippen molar-refractivity contribution in [2.45, 2.75) is 45.2 Å². The van der Waals surface area contributed by atoms with Crippen LogP contribution >= 0.6 is 0 Å². The fourth-order valence-corrected chi connectivity index (χ4v) is 3.48. The predicted molar refractivity (Wildman–Crippen MR) is 93.0 cm³/mol. The molecule has 9 nitrogen and oxygen atoms in total. The maximum atomic E-state index is 12.5. The highest BCUT2D eigenvalue weighted by Crippen LogP contribution is 2.12. The van der Waals surface area contributed by atoms with Crippen molar-refractivity contribution in [2.24, 2.45) is 11.7 Å². The van der Waals surface area contributed by atoms with Crippen molar-refractivity contribution in [3.05, 3.63) is 0 Å². The molecule has 0 aromatic carbocycles. The summed E-state index contributed by atoms with van der Waals surface area (Å²) in [5.74, 6) is -1.11. The monoisotopic (exact) mass is 376 g/mol. The Morgan fingerprint density at radius 3 is 2.52 bits per heavy atom. The molecule has 4 N–H and O–H groups in total. The highest BCUT2D eigenvalue weighted by molar-refractivity contribution is 7.88. The van der Waals surface area contributed by atoms with Crippen LogP contribution in [0.3, 0.4) is 0 Å². The second-order valence-electron chi connectivity index (χ2n) is 6.72. The summed E-state index contributed by atoms with van der Waals surface area (Å²) in [6, 6.07) is -1.54. The lowest BCUT2D eigenvalue weighted by Crippen LogP contribution is -2.53. The topological polar surface area (TPSA) is 139 Å². The molecule has 1 aliphatic heterocycles. The van der Waals surface area contributed by atoms with Crippen LogP contribution in [0.1, 0.15) is 33.1 Å². The largest absolute Gasteiger partial charge is 0.344 e. The summed E-state index contributed by atoms with van der Waals surface area (Å²) in [5, 5.41) is 5.21. The maximum Gasteiger partial charge on any atom is 0.243 e. The lowest BCUT2D eigenvalue weighted by molar-refractivity contribution is -0.131. The molecule has 0 aromatic rings. The van der Waals surface area contributed by atoms with E-state index in [4.69, 9.17) is 5.73 Å². The number of amides is 2. The standard InChI is InChI=1S/C15H28N4O5S/c1-10(2)7-12(17-14(21)8-16)15(22)18-11-5-4-6-19(9-13(11)20)25(3,23)24/h10-12H,4-9,16H2,1-3H3,(H,17,21)(H,18,22)/t11?,12-/m0/s1. The zero-order valence-corrected chi connectivity index (χ0v) is 15.8. The lowest BCUT2D eigenvalue weighted by atomic mass is 10.0. The number of hydrogen-bond donors (Lipinski definition) is 3. The van der Waals surface area contributed by atoms with Gasteiger partial charge in [0.2, 0.25) is 21.8 Å². The van der Waals surface area contributed by atoms with Crippen molar-refractivity contribution in [1.29, 1.82) is 0 Å². The number of hydrogen-bond acceptors (Lipinski definition) is 6. The molecule has 0 aromatic heterocycles. The van der Waals surface area contributed by atoms with Crippen molar-refractivity contribution in [3.8, 4) is 0 Å². The Kier molecular flexibility index (Phi) is 7.97. The van der Waals surface area contributed by atoms with Gasteiger partial charge in [-0.15, -0.1) is 0 Å². The number of nitrogens with two attached hydrogens (primary N) is 1. The first-order valence-electron chi connectivity index (χ1n) is 8.32. The van der Waals surface area contributed by atoms with Crippen molar-refractivity contribution in [3.63, 3.8) is 0 Å². The van der Waals surface area contributed by atoms with E-state index in [0.717, 1.165) is 10.6 Å². The number of carbonyl (C=O) groups excluding carboxylic acids is 3. The van der Waals surface area contributed by atoms with Gasteiger partial charge in [0.15, 0.2) is 5.78 Å². The minimum absolute atomic E-state index is 0.152. The molecule has 1 aliphatic rings. The van der Waals surface area contributed by atoms with Gasteiger partial charge in [0.05, 0.1) is 25.4 Å². The van der Waals surface area contributed by atoms with Gasteiger partial charge in [-0.2, -0.15) is 4.31 Å². The second kappa shape index (κ2) is 9.25. The molecule has 1 saturated heterocycles. The predicted octanol–water partition coefficient (Wildman–Crippen LogP) is -1.41. The molecular formula is C15H28N4O5S. The molecule has 0 bridgehead atoms. The first-order chi connectivity index (χ1) is 11.5. The molecular weight excluding hydrogens is 348 g/mol. The van der Waals surface area contributed by atoms with Crippen LogP contribution in [0, 0.1) is 5.92 Å². The van der Waals surface area contributed by atoms with Gasteiger partial charge >= 0.3 is 0 Å². The smallest absolute Gasteiger partial charge is 0.243 e. The Hall–Kier alpha value is -1.52. The Balaban J connectivity index is 2.78. The van der Waals surface area contributed by atoms with Crippen LogP contribution in [-0.2, 0) is 24.4 Å². The van der Waals surface area contributed by atoms with Gasteiger partial charge in [0.25, 0.3) is 0 Å². The van der Waals surface area contributed by atoms with E-state index >= 15 is 0 Å². The zero-order chi connectivity index (χ0) is 19.2. The van der Waals surface area contributed by atoms with E-state index in [2.05, 4.69) is 10.6 Å². The summed E-state index contributed by atoms with van der Waals surface area (Å²) >= 11 is 0. The number of ketones is 1. The molecule has 0 radical (unpaired) electrons. The van der Waals surface area contributed by atoms with E-state index in [-0.39, 0.29) is 31.3 Å². The molecule has 1 heterocycles. The number of nitrogens with zero attached hydrogens (tertiary/aromatic N) is 1. The minimum atomic E-state index is -3.46. The van der Waals surface area contributed by atoms with Gasteiger partial charge in [0.1, 0.15) is 6.04 Å². The summed E-state index contributed by atoms with van der Waals surface area (Å²) in [4.78, 5) is 36.3. The van der Waals surface area contributed by atoms with Crippen molar-refractivity contribution in [2.75, 3.05) is 25.9 Å². The van der Waals surface area contributed by atoms with Gasteiger partial charge in [-0.3, -0.25) is 14.4 Å². The van der Waals surface area contributed by atoms with Crippen LogP contribution in [0.4, 0.5) is 0 Å². The van der Waals surface area contributed by atoms with E-state index in [1.165, 1.54) is 0 Å². The number of sulfonamides is 1. The zero-order valence-electron chi connectivity index (χ0n) is 14.9. The van der Waals surface area contributed by atoms with Crippen LogP contribution in [0.5, 0.6) is 0 Å². The van der Waals surface area contributed by atoms with Crippen LogP contribution in [0.15, 0.2) is 0 Å². The lowest BCUT2D eigenvalue weighted by Gasteiger charge is -2.23. The van der Waals surface area contributed by atoms with Gasteiger partial charge in [-0.05, 0) is 25.2 Å². The Bertz CT molecular complexity index is 605. The average molecular weight is 376 g/mol. The molecule has 25 heavy (non-hydrogen) atoms. The molecule has 10 heteroatoms. The van der Waals surface area contributed by atoms with Crippen molar-refractivity contribution in [1.82, 2.24) is 14.9 Å². The van der Waals surface area contributed by atoms with E-state index in [1.807, 2.05) is 13.8 Å². The third-order valence-corrected chi connectivity index (χ3v) is 5.20. The summed E-state index contributed by atoms with van der Waals surface area (Å²) in [6.07, 6.45) is 2.29. The fraction of sp³-hybridized carbons (Fsp3) is 0.800. The summed E-state index contributed by atoms with van der Waals surface area (Å²) in [5.41, 5.74) is 5.27. The van der Waals surface area contributed by atoms with Crippen LogP contribution in [0.25, 0.3) is 0 Å². The third kappa shape index (κ3) is 7.09. The first kappa shape index (κ1) is 21.5. The highest BCUT2D eigenvalue weighted by atomic mass is 32.2. The molecule has 144 valence electrons. The molecule has 2 atom stereocenters. The molecule has 0 spiro atoms. The van der Waals surface area contributed by atoms with Crippen molar-refractivity contribution >= 4 is 27.6 Å². The Morgan fingerprint density at radius 2 is 2.00 bits per heavy atom. The third-order valence-electron chi connectivity index (χ3n) is 3.95. The average Bonchev–Trinajstić information content (AvgIpc) is 2.68. The van der Waals surface area contributed by atoms with E-state index in [1.54, 1.807) is 0 Å². The Labute approximate surface area is 148 Å². The van der Waals surface area contributed by atoms with Crippen LogP contribution < -0.4 is 16.4 Å². The molecule has 2 amide bonds. The van der Waals surface area contributed by atoms with Crippen molar-refractivity contribution < 1.29 is 22.8 Å². The van der Waals surface area contributed by atoms with E-state index in [0.29, 0.717) is 19.3 Å². The number of rotatable bonds is 7. The van der Waals surface area contributed by atoms with E-state index < -0.39 is 33.9 Å². The first-order valence-corrected chi connectivity index (χ1v) is 10.2. The van der Waals surface area contributed by atoms with Gasteiger partial charge in [0, 0.05) is 6.54 Å². The summed E-state index contributed by atoms with van der Waals surface area (Å²) in [7, 11) is -3.46. The summed E-state index contributed by atoms with van der Waals surface area (Å²) < 4.78 is 24.4. The van der Waals surface area contributed by atoms with Gasteiger partial charge in [-0.1, -0.05) is 13.8 Å². The molecule has 0 aliphatic carbocycles. The second-order valence-corrected chi connectivity index (χ2v) is 8.70. The Morgan fingerprint density at radius 1 is 1.36 bits per heavy atom. The molecule has 1 fully saturated rings. The maximum absolute atomic E-state index is 12.5. The molecule has 0 saturated carbocycles. The SMILES string of the molecule is CC(C)C[C@H](NC(=O)CN)C(=O)NC1CCCN(S(C)(=O)=O)CC1=O. The number of Topliss-reactive ketones (excluding diaryl/α,β-unsaturated/α-hetero) is 1.